The number of carboxylic acid groups (broad SMARTS) is 1. The number of carboxylic acids is 1. The number of carbonyl (C=O) groups is 1. The van der Waals surface area contributed by atoms with Crippen molar-refractivity contribution in [1.29, 1.82) is 0 Å². The fourth-order valence-corrected chi connectivity index (χ4v) is 3.01. The van der Waals surface area contributed by atoms with E-state index >= 15 is 0 Å². The number of rotatable bonds is 6. The molecule has 0 amide bonds. The number of hydrogen-bond donors (Lipinski definition) is 1. The van der Waals surface area contributed by atoms with Gasteiger partial charge in [-0.05, 0) is 52.9 Å². The monoisotopic (exact) mass is 354 g/mol. The van der Waals surface area contributed by atoms with Crippen molar-refractivity contribution < 1.29 is 19.0 Å². The van der Waals surface area contributed by atoms with Crippen LogP contribution in [0.2, 0.25) is 0 Å². The van der Waals surface area contributed by atoms with Crippen molar-refractivity contribution in [3.8, 4) is 5.75 Å². The van der Waals surface area contributed by atoms with Crippen LogP contribution in [0.15, 0.2) is 66.0 Å². The van der Waals surface area contributed by atoms with Crippen LogP contribution in [0.1, 0.15) is 16.0 Å². The fourth-order valence-electron chi connectivity index (χ4n) is 2.28. The highest BCUT2D eigenvalue weighted by molar-refractivity contribution is 7.11. The lowest BCUT2D eigenvalue weighted by atomic mass is 10.1. The molecule has 0 fully saturated rings. The Hall–Kier alpha value is -2.92. The summed E-state index contributed by atoms with van der Waals surface area (Å²) in [7, 11) is 0. The molecule has 5 heteroatoms. The topological polar surface area (TPSA) is 46.5 Å². The van der Waals surface area contributed by atoms with Crippen LogP contribution in [0, 0.1) is 5.82 Å². The third-order valence-corrected chi connectivity index (χ3v) is 4.41. The van der Waals surface area contributed by atoms with Crippen LogP contribution in [-0.2, 0) is 11.4 Å². The van der Waals surface area contributed by atoms with Crippen LogP contribution >= 0.6 is 11.3 Å². The van der Waals surface area contributed by atoms with Gasteiger partial charge < -0.3 is 9.84 Å². The van der Waals surface area contributed by atoms with E-state index in [2.05, 4.69) is 0 Å². The van der Waals surface area contributed by atoms with Gasteiger partial charge in [0.2, 0.25) is 0 Å². The van der Waals surface area contributed by atoms with Crippen LogP contribution < -0.4 is 4.74 Å². The highest BCUT2D eigenvalue weighted by Gasteiger charge is 2.11. The van der Waals surface area contributed by atoms with Crippen molar-refractivity contribution in [3.63, 3.8) is 0 Å². The van der Waals surface area contributed by atoms with Crippen molar-refractivity contribution in [2.75, 3.05) is 0 Å². The zero-order valence-electron chi connectivity index (χ0n) is 13.2. The van der Waals surface area contributed by atoms with Crippen LogP contribution in [0.5, 0.6) is 5.75 Å². The number of halogens is 1. The molecule has 0 saturated carbocycles. The second-order valence-corrected chi connectivity index (χ2v) is 6.28. The maximum atomic E-state index is 12.9. The molecule has 0 bridgehead atoms. The third-order valence-electron chi connectivity index (χ3n) is 3.50. The first-order valence-corrected chi connectivity index (χ1v) is 8.46. The standard InChI is InChI=1S/C20H15FO3S/c21-16-8-6-14(7-9-16)13-24-17-4-1-3-15(11-17)12-18(20(22)23)19-5-2-10-25-19/h1-12H,13H2,(H,22,23)/b18-12-. The third kappa shape index (κ3) is 4.55. The van der Waals surface area contributed by atoms with Gasteiger partial charge >= 0.3 is 5.97 Å². The Labute approximate surface area is 148 Å². The van der Waals surface area contributed by atoms with Gasteiger partial charge in [0, 0.05) is 4.88 Å². The van der Waals surface area contributed by atoms with Crippen molar-refractivity contribution in [3.05, 3.63) is 87.9 Å². The van der Waals surface area contributed by atoms with E-state index in [1.807, 2.05) is 17.5 Å². The Morgan fingerprint density at radius 2 is 1.92 bits per heavy atom. The zero-order chi connectivity index (χ0) is 17.6. The summed E-state index contributed by atoms with van der Waals surface area (Å²) >= 11 is 1.38. The molecule has 0 aliphatic heterocycles. The quantitative estimate of drug-likeness (QED) is 0.627. The van der Waals surface area contributed by atoms with Crippen LogP contribution in [0.4, 0.5) is 4.39 Å². The Bertz CT molecular complexity index is 884. The second kappa shape index (κ2) is 7.77. The van der Waals surface area contributed by atoms with Gasteiger partial charge in [-0.2, -0.15) is 0 Å². The van der Waals surface area contributed by atoms with E-state index in [1.54, 1.807) is 42.5 Å². The van der Waals surface area contributed by atoms with Crippen molar-refractivity contribution >= 4 is 29.0 Å². The van der Waals surface area contributed by atoms with Gasteiger partial charge in [0.25, 0.3) is 0 Å². The largest absolute Gasteiger partial charge is 0.489 e. The number of ether oxygens (including phenoxy) is 1. The van der Waals surface area contributed by atoms with Gasteiger partial charge in [0.1, 0.15) is 18.2 Å². The summed E-state index contributed by atoms with van der Waals surface area (Å²) in [6.45, 7) is 0.310. The lowest BCUT2D eigenvalue weighted by Crippen LogP contribution is -1.98. The number of benzene rings is 2. The molecule has 0 atom stereocenters. The predicted molar refractivity (Wildman–Crippen MR) is 97.0 cm³/mol. The molecule has 3 nitrogen and oxygen atoms in total. The van der Waals surface area contributed by atoms with Gasteiger partial charge in [0.05, 0.1) is 5.57 Å². The van der Waals surface area contributed by atoms with E-state index < -0.39 is 5.97 Å². The summed E-state index contributed by atoms with van der Waals surface area (Å²) in [5.41, 5.74) is 1.83. The average molecular weight is 354 g/mol. The van der Waals surface area contributed by atoms with E-state index in [0.29, 0.717) is 17.2 Å². The van der Waals surface area contributed by atoms with Gasteiger partial charge in [-0.1, -0.05) is 30.3 Å². The normalized spacial score (nSPS) is 11.3. The van der Waals surface area contributed by atoms with E-state index in [0.717, 1.165) is 11.1 Å². The number of aliphatic carboxylic acids is 1. The maximum absolute atomic E-state index is 12.9. The summed E-state index contributed by atoms with van der Waals surface area (Å²) in [5.74, 6) is -0.639. The minimum absolute atomic E-state index is 0.241. The minimum atomic E-state index is -0.972. The number of thiophene rings is 1. The van der Waals surface area contributed by atoms with Crippen molar-refractivity contribution in [2.24, 2.45) is 0 Å². The molecule has 0 aliphatic carbocycles. The first-order chi connectivity index (χ1) is 12.1. The van der Waals surface area contributed by atoms with Crippen LogP contribution in [0.3, 0.4) is 0 Å². The lowest BCUT2D eigenvalue weighted by Gasteiger charge is -2.07. The van der Waals surface area contributed by atoms with E-state index in [1.165, 1.54) is 23.5 Å². The molecule has 3 rings (SSSR count). The van der Waals surface area contributed by atoms with E-state index in [9.17, 15) is 14.3 Å². The molecule has 25 heavy (non-hydrogen) atoms. The molecule has 0 spiro atoms. The molecule has 126 valence electrons. The van der Waals surface area contributed by atoms with Crippen LogP contribution in [-0.4, -0.2) is 11.1 Å². The van der Waals surface area contributed by atoms with Gasteiger partial charge in [0.15, 0.2) is 0 Å². The SMILES string of the molecule is O=C(O)/C(=C\c1cccc(OCc2ccc(F)cc2)c1)c1cccs1. The van der Waals surface area contributed by atoms with E-state index in [4.69, 9.17) is 4.74 Å². The molecule has 2 aromatic carbocycles. The molecule has 1 aromatic heterocycles. The summed E-state index contributed by atoms with van der Waals surface area (Å²) in [6, 6.07) is 16.9. The van der Waals surface area contributed by atoms with Gasteiger partial charge in [-0.25, -0.2) is 9.18 Å². The molecular formula is C20H15FO3S. The van der Waals surface area contributed by atoms with Crippen molar-refractivity contribution in [1.82, 2.24) is 0 Å². The molecule has 0 radical (unpaired) electrons. The van der Waals surface area contributed by atoms with E-state index in [-0.39, 0.29) is 11.4 Å². The Morgan fingerprint density at radius 1 is 1.12 bits per heavy atom. The highest BCUT2D eigenvalue weighted by atomic mass is 32.1. The van der Waals surface area contributed by atoms with Crippen molar-refractivity contribution in [2.45, 2.75) is 6.61 Å². The summed E-state index contributed by atoms with van der Waals surface area (Å²) in [6.07, 6.45) is 1.62. The van der Waals surface area contributed by atoms with Crippen LogP contribution in [0.25, 0.3) is 11.6 Å². The predicted octanol–water partition coefficient (Wildman–Crippen LogP) is 5.09. The molecule has 0 unspecified atom stereocenters. The smallest absolute Gasteiger partial charge is 0.337 e. The Morgan fingerprint density at radius 3 is 2.60 bits per heavy atom. The lowest BCUT2D eigenvalue weighted by molar-refractivity contribution is -0.130. The summed E-state index contributed by atoms with van der Waals surface area (Å²) in [5, 5.41) is 11.3. The van der Waals surface area contributed by atoms with Gasteiger partial charge in [-0.15, -0.1) is 11.3 Å². The number of hydrogen-bond acceptors (Lipinski definition) is 3. The summed E-state index contributed by atoms with van der Waals surface area (Å²) in [4.78, 5) is 12.2. The first-order valence-electron chi connectivity index (χ1n) is 7.58. The molecule has 3 aromatic rings. The molecule has 1 N–H and O–H groups in total. The molecule has 0 saturated heterocycles. The Balaban J connectivity index is 1.77. The molecule has 1 heterocycles. The minimum Gasteiger partial charge on any atom is -0.489 e. The molecular weight excluding hydrogens is 339 g/mol. The zero-order valence-corrected chi connectivity index (χ0v) is 14.0. The highest BCUT2D eigenvalue weighted by Crippen LogP contribution is 2.25. The molecule has 0 aliphatic rings. The Kier molecular flexibility index (Phi) is 5.26. The maximum Gasteiger partial charge on any atom is 0.337 e. The first kappa shape index (κ1) is 16.9. The van der Waals surface area contributed by atoms with Gasteiger partial charge in [-0.3, -0.25) is 0 Å². The average Bonchev–Trinajstić information content (AvgIpc) is 3.13. The second-order valence-electron chi connectivity index (χ2n) is 5.33. The fraction of sp³-hybridized carbons (Fsp3) is 0.0500. The summed E-state index contributed by atoms with van der Waals surface area (Å²) < 4.78 is 18.6.